The number of fused-ring (bicyclic) bond motifs is 1. The van der Waals surface area contributed by atoms with Crippen LogP contribution in [0.5, 0.6) is 5.75 Å². The minimum atomic E-state index is 0.157. The third-order valence-corrected chi connectivity index (χ3v) is 3.42. The third-order valence-electron chi connectivity index (χ3n) is 3.42. The van der Waals surface area contributed by atoms with Crippen molar-refractivity contribution < 1.29 is 14.4 Å². The van der Waals surface area contributed by atoms with Crippen LogP contribution < -0.4 is 4.74 Å². The summed E-state index contributed by atoms with van der Waals surface area (Å²) in [7, 11) is 1.52. The van der Waals surface area contributed by atoms with Crippen LogP contribution in [0, 0.1) is 0 Å². The normalized spacial score (nSPS) is 15.6. The van der Waals surface area contributed by atoms with E-state index in [1.54, 1.807) is 0 Å². The molecule has 1 aromatic rings. The van der Waals surface area contributed by atoms with Crippen molar-refractivity contribution in [3.8, 4) is 5.75 Å². The van der Waals surface area contributed by atoms with Crippen molar-refractivity contribution in [3.63, 3.8) is 0 Å². The molecule has 4 heteroatoms. The van der Waals surface area contributed by atoms with Crippen LogP contribution in [-0.4, -0.2) is 25.2 Å². The van der Waals surface area contributed by atoms with Gasteiger partial charge < -0.3 is 9.57 Å². The van der Waals surface area contributed by atoms with Crippen molar-refractivity contribution in [2.75, 3.05) is 13.7 Å². The van der Waals surface area contributed by atoms with Crippen LogP contribution in [0.4, 0.5) is 0 Å². The quantitative estimate of drug-likeness (QED) is 0.453. The van der Waals surface area contributed by atoms with E-state index in [0.717, 1.165) is 36.3 Å². The highest BCUT2D eigenvalue weighted by atomic mass is 16.6. The molecule has 0 saturated carbocycles. The van der Waals surface area contributed by atoms with Gasteiger partial charge in [0.2, 0.25) is 0 Å². The summed E-state index contributed by atoms with van der Waals surface area (Å²) >= 11 is 0. The molecule has 1 aromatic carbocycles. The summed E-state index contributed by atoms with van der Waals surface area (Å²) in [5, 5.41) is 4.05. The van der Waals surface area contributed by atoms with Gasteiger partial charge in [0.25, 0.3) is 0 Å². The van der Waals surface area contributed by atoms with Crippen LogP contribution in [-0.2, 0) is 4.84 Å². The Morgan fingerprint density at radius 1 is 1.40 bits per heavy atom. The Morgan fingerprint density at radius 3 is 3.00 bits per heavy atom. The lowest BCUT2D eigenvalue weighted by Gasteiger charge is -2.21. The summed E-state index contributed by atoms with van der Waals surface area (Å²) in [4.78, 5) is 17.3. The van der Waals surface area contributed by atoms with E-state index < -0.39 is 0 Å². The first-order valence-corrected chi connectivity index (χ1v) is 7.17. The van der Waals surface area contributed by atoms with Gasteiger partial charge in [-0.3, -0.25) is 4.79 Å². The van der Waals surface area contributed by atoms with Gasteiger partial charge in [-0.15, -0.1) is 0 Å². The number of hydrogen-bond donors (Lipinski definition) is 0. The average molecular weight is 275 g/mol. The number of hydrogen-bond acceptors (Lipinski definition) is 4. The van der Waals surface area contributed by atoms with E-state index in [1.165, 1.54) is 7.11 Å². The molecule has 1 heterocycles. The lowest BCUT2D eigenvalue weighted by molar-refractivity contribution is 0.0978. The molecule has 1 aliphatic rings. The first-order chi connectivity index (χ1) is 9.77. The van der Waals surface area contributed by atoms with Crippen molar-refractivity contribution >= 4 is 11.5 Å². The Hall–Kier alpha value is -1.84. The molecule has 0 amide bonds. The summed E-state index contributed by atoms with van der Waals surface area (Å²) in [6.45, 7) is 2.70. The van der Waals surface area contributed by atoms with E-state index in [1.807, 2.05) is 18.2 Å². The number of Topliss-reactive ketones (excluding diaryl/α,β-unsaturated/α-hetero) is 1. The molecule has 2 rings (SSSR count). The van der Waals surface area contributed by atoms with Crippen molar-refractivity contribution in [3.05, 3.63) is 29.3 Å². The molecule has 0 aliphatic carbocycles. The fourth-order valence-electron chi connectivity index (χ4n) is 2.44. The highest BCUT2D eigenvalue weighted by Gasteiger charge is 2.23. The van der Waals surface area contributed by atoms with Crippen molar-refractivity contribution in [2.24, 2.45) is 5.16 Å². The molecule has 0 spiro atoms. The Kier molecular flexibility index (Phi) is 5.16. The zero-order chi connectivity index (χ0) is 14.4. The SMILES string of the molecule is CCCCCC(=O)c1cccc2c1/C(=N/OC)CCO2. The molecule has 0 saturated heterocycles. The molecule has 0 fully saturated rings. The van der Waals surface area contributed by atoms with E-state index in [4.69, 9.17) is 9.57 Å². The van der Waals surface area contributed by atoms with Crippen molar-refractivity contribution in [1.82, 2.24) is 0 Å². The summed E-state index contributed by atoms with van der Waals surface area (Å²) in [6.07, 6.45) is 4.36. The number of unbranched alkanes of at least 4 members (excludes halogenated alkanes) is 2. The maximum atomic E-state index is 12.4. The molecule has 0 radical (unpaired) electrons. The van der Waals surface area contributed by atoms with Gasteiger partial charge in [0.05, 0.1) is 17.9 Å². The average Bonchev–Trinajstić information content (AvgIpc) is 2.47. The number of benzene rings is 1. The standard InChI is InChI=1S/C16H21NO3/c1-3-4-5-8-14(18)12-7-6-9-15-16(12)13(17-19-2)10-11-20-15/h6-7,9H,3-5,8,10-11H2,1-2H3/b17-13+. The Balaban J connectivity index is 2.30. The van der Waals surface area contributed by atoms with Gasteiger partial charge in [0.15, 0.2) is 5.78 Å². The molecule has 20 heavy (non-hydrogen) atoms. The number of rotatable bonds is 6. The molecular formula is C16H21NO3. The van der Waals surface area contributed by atoms with Crippen LogP contribution in [0.3, 0.4) is 0 Å². The molecule has 0 N–H and O–H groups in total. The maximum Gasteiger partial charge on any atom is 0.163 e. The van der Waals surface area contributed by atoms with Crippen LogP contribution in [0.15, 0.2) is 23.4 Å². The van der Waals surface area contributed by atoms with Crippen molar-refractivity contribution in [2.45, 2.75) is 39.0 Å². The second-order valence-corrected chi connectivity index (χ2v) is 4.88. The Labute approximate surface area is 119 Å². The number of ether oxygens (including phenoxy) is 1. The van der Waals surface area contributed by atoms with Gasteiger partial charge in [-0.1, -0.05) is 37.1 Å². The number of carbonyl (C=O) groups excluding carboxylic acids is 1. The predicted molar refractivity (Wildman–Crippen MR) is 78.6 cm³/mol. The zero-order valence-corrected chi connectivity index (χ0v) is 12.1. The Bertz CT molecular complexity index is 508. The smallest absolute Gasteiger partial charge is 0.163 e. The molecule has 0 unspecified atom stereocenters. The van der Waals surface area contributed by atoms with Crippen LogP contribution in [0.1, 0.15) is 54.9 Å². The van der Waals surface area contributed by atoms with Crippen molar-refractivity contribution in [1.29, 1.82) is 0 Å². The topological polar surface area (TPSA) is 47.9 Å². The second kappa shape index (κ2) is 7.08. The number of oxime groups is 1. The minimum absolute atomic E-state index is 0.157. The van der Waals surface area contributed by atoms with E-state index in [-0.39, 0.29) is 5.78 Å². The van der Waals surface area contributed by atoms with Gasteiger partial charge in [0.1, 0.15) is 12.9 Å². The third kappa shape index (κ3) is 3.18. The van der Waals surface area contributed by atoms with Gasteiger partial charge >= 0.3 is 0 Å². The van der Waals surface area contributed by atoms with Crippen LogP contribution >= 0.6 is 0 Å². The highest BCUT2D eigenvalue weighted by Crippen LogP contribution is 2.29. The monoisotopic (exact) mass is 275 g/mol. The molecule has 0 bridgehead atoms. The molecule has 1 aliphatic heterocycles. The molecular weight excluding hydrogens is 254 g/mol. The predicted octanol–water partition coefficient (Wildman–Crippen LogP) is 3.58. The van der Waals surface area contributed by atoms with Crippen LogP contribution in [0.2, 0.25) is 0 Å². The van der Waals surface area contributed by atoms with E-state index in [9.17, 15) is 4.79 Å². The number of carbonyl (C=O) groups is 1. The second-order valence-electron chi connectivity index (χ2n) is 4.88. The highest BCUT2D eigenvalue weighted by molar-refractivity contribution is 6.13. The lowest BCUT2D eigenvalue weighted by Crippen LogP contribution is -2.20. The fourth-order valence-corrected chi connectivity index (χ4v) is 2.44. The summed E-state index contributed by atoms with van der Waals surface area (Å²) in [5.41, 5.74) is 2.31. The molecule has 4 nitrogen and oxygen atoms in total. The first-order valence-electron chi connectivity index (χ1n) is 7.17. The van der Waals surface area contributed by atoms with E-state index in [2.05, 4.69) is 12.1 Å². The van der Waals surface area contributed by atoms with Gasteiger partial charge in [0, 0.05) is 18.4 Å². The maximum absolute atomic E-state index is 12.4. The molecule has 108 valence electrons. The first kappa shape index (κ1) is 14.6. The summed E-state index contributed by atoms with van der Waals surface area (Å²) < 4.78 is 5.63. The number of nitrogens with zero attached hydrogens (tertiary/aromatic N) is 1. The zero-order valence-electron chi connectivity index (χ0n) is 12.1. The number of ketones is 1. The van der Waals surface area contributed by atoms with Gasteiger partial charge in [-0.25, -0.2) is 0 Å². The largest absolute Gasteiger partial charge is 0.492 e. The summed E-state index contributed by atoms with van der Waals surface area (Å²) in [6, 6.07) is 5.59. The fraction of sp³-hybridized carbons (Fsp3) is 0.500. The van der Waals surface area contributed by atoms with Gasteiger partial charge in [-0.05, 0) is 12.5 Å². The Morgan fingerprint density at radius 2 is 2.25 bits per heavy atom. The molecule has 0 atom stereocenters. The lowest BCUT2D eigenvalue weighted by atomic mass is 9.93. The molecule has 0 aromatic heterocycles. The van der Waals surface area contributed by atoms with E-state index in [0.29, 0.717) is 25.0 Å². The van der Waals surface area contributed by atoms with Crippen LogP contribution in [0.25, 0.3) is 0 Å². The minimum Gasteiger partial charge on any atom is -0.492 e. The van der Waals surface area contributed by atoms with Gasteiger partial charge in [-0.2, -0.15) is 0 Å². The summed E-state index contributed by atoms with van der Waals surface area (Å²) in [5.74, 6) is 0.887. The van der Waals surface area contributed by atoms with E-state index >= 15 is 0 Å².